The number of nitrogens with zero attached hydrogens (tertiary/aromatic N) is 2. The summed E-state index contributed by atoms with van der Waals surface area (Å²) in [4.78, 5) is 17.3. The van der Waals surface area contributed by atoms with Crippen LogP contribution in [0.1, 0.15) is 30.8 Å². The normalized spacial score (nSPS) is 24.1. The quantitative estimate of drug-likeness (QED) is 0.896. The highest BCUT2D eigenvalue weighted by Gasteiger charge is 2.24. The van der Waals surface area contributed by atoms with E-state index in [4.69, 9.17) is 16.7 Å². The van der Waals surface area contributed by atoms with Crippen molar-refractivity contribution >= 4 is 23.4 Å². The second-order valence-electron chi connectivity index (χ2n) is 4.99. The first kappa shape index (κ1) is 13.1. The van der Waals surface area contributed by atoms with Gasteiger partial charge in [0.15, 0.2) is 5.69 Å². The van der Waals surface area contributed by atoms with Crippen LogP contribution in [0.2, 0.25) is 5.02 Å². The molecule has 98 valence electrons. The Balaban J connectivity index is 2.24. The van der Waals surface area contributed by atoms with Gasteiger partial charge in [0.05, 0.1) is 5.02 Å². The molecule has 2 atom stereocenters. The molecule has 0 radical (unpaired) electrons. The van der Waals surface area contributed by atoms with Crippen molar-refractivity contribution in [1.82, 2.24) is 4.98 Å². The Morgan fingerprint density at radius 2 is 2.17 bits per heavy atom. The van der Waals surface area contributed by atoms with Gasteiger partial charge in [0.2, 0.25) is 0 Å². The Morgan fingerprint density at radius 3 is 2.78 bits per heavy atom. The lowest BCUT2D eigenvalue weighted by Crippen LogP contribution is -2.39. The number of piperidine rings is 1. The van der Waals surface area contributed by atoms with Crippen molar-refractivity contribution < 1.29 is 9.90 Å². The maximum atomic E-state index is 11.0. The Morgan fingerprint density at radius 1 is 1.44 bits per heavy atom. The summed E-state index contributed by atoms with van der Waals surface area (Å²) in [6.07, 6.45) is 1.11. The van der Waals surface area contributed by atoms with Gasteiger partial charge in [0, 0.05) is 13.1 Å². The predicted octanol–water partition coefficient (Wildman–Crippen LogP) is 2.92. The highest BCUT2D eigenvalue weighted by atomic mass is 35.5. The largest absolute Gasteiger partial charge is 0.476 e. The number of pyridine rings is 1. The van der Waals surface area contributed by atoms with E-state index in [0.29, 0.717) is 17.7 Å². The maximum Gasteiger partial charge on any atom is 0.356 e. The summed E-state index contributed by atoms with van der Waals surface area (Å²) in [5.74, 6) is 0.910. The van der Waals surface area contributed by atoms with E-state index in [9.17, 15) is 4.79 Å². The van der Waals surface area contributed by atoms with Crippen LogP contribution >= 0.6 is 11.6 Å². The van der Waals surface area contributed by atoms with Crippen molar-refractivity contribution in [2.45, 2.75) is 20.3 Å². The topological polar surface area (TPSA) is 53.4 Å². The van der Waals surface area contributed by atoms with Crippen LogP contribution < -0.4 is 4.90 Å². The Bertz CT molecular complexity index is 464. The van der Waals surface area contributed by atoms with Crippen molar-refractivity contribution in [3.8, 4) is 0 Å². The molecule has 0 spiro atoms. The van der Waals surface area contributed by atoms with Crippen LogP contribution in [-0.4, -0.2) is 29.1 Å². The lowest BCUT2D eigenvalue weighted by molar-refractivity contribution is 0.0691. The third-order valence-corrected chi connectivity index (χ3v) is 4.00. The van der Waals surface area contributed by atoms with Crippen LogP contribution in [0.4, 0.5) is 5.82 Å². The summed E-state index contributed by atoms with van der Waals surface area (Å²) in [6.45, 7) is 6.29. The van der Waals surface area contributed by atoms with Gasteiger partial charge in [-0.3, -0.25) is 0 Å². The molecule has 0 bridgehead atoms. The van der Waals surface area contributed by atoms with Gasteiger partial charge >= 0.3 is 5.97 Å². The summed E-state index contributed by atoms with van der Waals surface area (Å²) in [7, 11) is 0. The Hall–Kier alpha value is -1.29. The van der Waals surface area contributed by atoms with Crippen LogP contribution in [-0.2, 0) is 0 Å². The molecule has 0 aromatic carbocycles. The molecule has 0 saturated carbocycles. The minimum absolute atomic E-state index is 0.0690. The zero-order valence-electron chi connectivity index (χ0n) is 10.6. The van der Waals surface area contributed by atoms with Gasteiger partial charge in [0.1, 0.15) is 5.82 Å². The lowest BCUT2D eigenvalue weighted by atomic mass is 9.89. The van der Waals surface area contributed by atoms with Gasteiger partial charge in [-0.1, -0.05) is 25.4 Å². The number of carboxylic acids is 1. The van der Waals surface area contributed by atoms with E-state index < -0.39 is 5.97 Å². The Kier molecular flexibility index (Phi) is 3.76. The molecule has 1 aliphatic rings. The monoisotopic (exact) mass is 268 g/mol. The average molecular weight is 269 g/mol. The summed E-state index contributed by atoms with van der Waals surface area (Å²) in [6, 6.07) is 3.40. The summed E-state index contributed by atoms with van der Waals surface area (Å²) in [5, 5.41) is 9.20. The molecule has 1 aromatic rings. The van der Waals surface area contributed by atoms with Crippen LogP contribution in [0.15, 0.2) is 12.1 Å². The van der Waals surface area contributed by atoms with Crippen molar-refractivity contribution in [1.29, 1.82) is 0 Å². The number of aromatic carboxylic acids is 1. The number of carbonyl (C=O) groups is 1. The van der Waals surface area contributed by atoms with E-state index in [1.807, 2.05) is 0 Å². The van der Waals surface area contributed by atoms with E-state index in [2.05, 4.69) is 23.7 Å². The fourth-order valence-electron chi connectivity index (χ4n) is 2.23. The van der Waals surface area contributed by atoms with Gasteiger partial charge in [-0.15, -0.1) is 0 Å². The van der Waals surface area contributed by atoms with Gasteiger partial charge in [-0.2, -0.15) is 0 Å². The molecular weight excluding hydrogens is 252 g/mol. The minimum atomic E-state index is -1.08. The van der Waals surface area contributed by atoms with Gasteiger partial charge in [0.25, 0.3) is 0 Å². The van der Waals surface area contributed by atoms with Crippen molar-refractivity contribution in [3.63, 3.8) is 0 Å². The zero-order chi connectivity index (χ0) is 13.3. The number of rotatable bonds is 2. The van der Waals surface area contributed by atoms with Crippen LogP contribution in [0.3, 0.4) is 0 Å². The molecule has 2 rings (SSSR count). The van der Waals surface area contributed by atoms with Crippen molar-refractivity contribution in [2.24, 2.45) is 11.8 Å². The van der Waals surface area contributed by atoms with E-state index in [-0.39, 0.29) is 10.7 Å². The molecule has 18 heavy (non-hydrogen) atoms. The number of hydrogen-bond acceptors (Lipinski definition) is 3. The molecule has 1 saturated heterocycles. The minimum Gasteiger partial charge on any atom is -0.476 e. The number of hydrogen-bond donors (Lipinski definition) is 1. The number of aromatic nitrogens is 1. The first-order chi connectivity index (χ1) is 8.49. The maximum absolute atomic E-state index is 11.0. The SMILES string of the molecule is CC1CCN(c2ccc(Cl)c(C(=O)O)n2)CC1C. The zero-order valence-corrected chi connectivity index (χ0v) is 11.3. The molecule has 0 amide bonds. The number of anilines is 1. The molecular formula is C13H17ClN2O2. The molecule has 0 aliphatic carbocycles. The molecule has 1 fully saturated rings. The highest BCUT2D eigenvalue weighted by Crippen LogP contribution is 2.27. The fraction of sp³-hybridized carbons (Fsp3) is 0.538. The van der Waals surface area contributed by atoms with Crippen molar-refractivity contribution in [2.75, 3.05) is 18.0 Å². The average Bonchev–Trinajstić information content (AvgIpc) is 2.33. The van der Waals surface area contributed by atoms with Crippen LogP contribution in [0.5, 0.6) is 0 Å². The third-order valence-electron chi connectivity index (χ3n) is 3.69. The smallest absolute Gasteiger partial charge is 0.356 e. The highest BCUT2D eigenvalue weighted by molar-refractivity contribution is 6.33. The van der Waals surface area contributed by atoms with E-state index in [0.717, 1.165) is 19.5 Å². The summed E-state index contributed by atoms with van der Waals surface area (Å²) in [5.41, 5.74) is -0.0690. The van der Waals surface area contributed by atoms with E-state index in [1.54, 1.807) is 12.1 Å². The number of halogens is 1. The van der Waals surface area contributed by atoms with E-state index in [1.165, 1.54) is 0 Å². The van der Waals surface area contributed by atoms with E-state index >= 15 is 0 Å². The van der Waals surface area contributed by atoms with Gasteiger partial charge in [-0.05, 0) is 30.4 Å². The summed E-state index contributed by atoms with van der Waals surface area (Å²) < 4.78 is 0. The molecule has 1 aliphatic heterocycles. The second-order valence-corrected chi connectivity index (χ2v) is 5.40. The molecule has 5 heteroatoms. The second kappa shape index (κ2) is 5.14. The fourth-order valence-corrected chi connectivity index (χ4v) is 2.41. The van der Waals surface area contributed by atoms with Gasteiger partial charge < -0.3 is 10.0 Å². The van der Waals surface area contributed by atoms with Gasteiger partial charge in [-0.25, -0.2) is 9.78 Å². The Labute approximate surface area is 112 Å². The van der Waals surface area contributed by atoms with Crippen LogP contribution in [0.25, 0.3) is 0 Å². The standard InChI is InChI=1S/C13H17ClN2O2/c1-8-5-6-16(7-9(8)2)11-4-3-10(14)12(15-11)13(17)18/h3-4,8-9H,5-7H2,1-2H3,(H,17,18). The molecule has 4 nitrogen and oxygen atoms in total. The van der Waals surface area contributed by atoms with Crippen LogP contribution in [0, 0.1) is 11.8 Å². The predicted molar refractivity (Wildman–Crippen MR) is 71.4 cm³/mol. The van der Waals surface area contributed by atoms with Crippen molar-refractivity contribution in [3.05, 3.63) is 22.8 Å². The first-order valence-corrected chi connectivity index (χ1v) is 6.51. The molecule has 2 heterocycles. The lowest BCUT2D eigenvalue weighted by Gasteiger charge is -2.36. The number of carboxylic acid groups (broad SMARTS) is 1. The first-order valence-electron chi connectivity index (χ1n) is 6.14. The molecule has 1 N–H and O–H groups in total. The summed E-state index contributed by atoms with van der Waals surface area (Å²) >= 11 is 5.82. The third kappa shape index (κ3) is 2.58. The molecule has 2 unspecified atom stereocenters. The molecule has 1 aromatic heterocycles.